The van der Waals surface area contributed by atoms with Gasteiger partial charge in [-0.2, -0.15) is 4.31 Å². The van der Waals surface area contributed by atoms with Gasteiger partial charge in [0.15, 0.2) is 5.13 Å². The Morgan fingerprint density at radius 1 is 1.13 bits per heavy atom. The van der Waals surface area contributed by atoms with E-state index < -0.39 is 27.6 Å². The Bertz CT molecular complexity index is 1180. The van der Waals surface area contributed by atoms with Crippen molar-refractivity contribution in [2.24, 2.45) is 0 Å². The Morgan fingerprint density at radius 3 is 2.55 bits per heavy atom. The van der Waals surface area contributed by atoms with Gasteiger partial charge in [0.1, 0.15) is 21.4 Å². The number of amides is 1. The third kappa shape index (κ3) is 5.00. The van der Waals surface area contributed by atoms with Crippen LogP contribution in [0, 0.1) is 11.6 Å². The van der Waals surface area contributed by atoms with Gasteiger partial charge in [-0.15, -0.1) is 22.7 Å². The van der Waals surface area contributed by atoms with Crippen LogP contribution in [0.1, 0.15) is 39.4 Å². The van der Waals surface area contributed by atoms with Gasteiger partial charge in [-0.3, -0.25) is 10.1 Å². The first kappa shape index (κ1) is 22.0. The van der Waals surface area contributed by atoms with Crippen molar-refractivity contribution < 1.29 is 22.0 Å². The summed E-state index contributed by atoms with van der Waals surface area (Å²) < 4.78 is 54.1. The Kier molecular flexibility index (Phi) is 6.47. The molecule has 1 aliphatic rings. The van der Waals surface area contributed by atoms with Crippen molar-refractivity contribution in [2.45, 2.75) is 30.6 Å². The minimum atomic E-state index is -3.74. The van der Waals surface area contributed by atoms with Crippen molar-refractivity contribution in [1.29, 1.82) is 0 Å². The minimum Gasteiger partial charge on any atom is -0.297 e. The molecule has 0 saturated carbocycles. The van der Waals surface area contributed by atoms with E-state index in [2.05, 4.69) is 10.3 Å². The summed E-state index contributed by atoms with van der Waals surface area (Å²) in [5.41, 5.74) is 0.451. The van der Waals surface area contributed by atoms with Gasteiger partial charge in [0.2, 0.25) is 10.0 Å². The normalized spacial score (nSPS) is 15.2. The summed E-state index contributed by atoms with van der Waals surface area (Å²) in [5.74, 6) is -1.87. The van der Waals surface area contributed by atoms with Crippen LogP contribution in [0.5, 0.6) is 0 Å². The molecular formula is C20H19F2N3O3S3. The fourth-order valence-corrected chi connectivity index (χ4v) is 7.08. The average Bonchev–Trinajstić information content (AvgIpc) is 3.38. The van der Waals surface area contributed by atoms with Gasteiger partial charge < -0.3 is 0 Å². The number of halogens is 2. The standard InChI is InChI=1S/C20H19F2N3O3S3/c21-14-8-13(9-15(22)11-14)10-16-12-23-20(30-16)24-19(26)18-17(4-7-29-18)31(27,28)25-5-2-1-3-6-25/h4,7-9,11-12H,1-3,5-6,10H2,(H,23,24,26). The zero-order valence-electron chi connectivity index (χ0n) is 16.3. The van der Waals surface area contributed by atoms with Crippen LogP contribution in [0.3, 0.4) is 0 Å². The fourth-order valence-electron chi connectivity index (χ4n) is 3.43. The predicted octanol–water partition coefficient (Wildman–Crippen LogP) is 4.50. The van der Waals surface area contributed by atoms with E-state index in [0.717, 1.165) is 48.0 Å². The van der Waals surface area contributed by atoms with Gasteiger partial charge in [0, 0.05) is 36.7 Å². The molecule has 3 aromatic rings. The predicted molar refractivity (Wildman–Crippen MR) is 116 cm³/mol. The highest BCUT2D eigenvalue weighted by molar-refractivity contribution is 7.89. The number of rotatable bonds is 6. The SMILES string of the molecule is O=C(Nc1ncc(Cc2cc(F)cc(F)c2)s1)c1sccc1S(=O)(=O)N1CCCCC1. The maximum Gasteiger partial charge on any atom is 0.268 e. The van der Waals surface area contributed by atoms with E-state index >= 15 is 0 Å². The van der Waals surface area contributed by atoms with Crippen LogP contribution in [0.15, 0.2) is 40.7 Å². The monoisotopic (exact) mass is 483 g/mol. The molecule has 0 bridgehead atoms. The van der Waals surface area contributed by atoms with Crippen LogP contribution >= 0.6 is 22.7 Å². The van der Waals surface area contributed by atoms with Crippen LogP contribution in [0.4, 0.5) is 13.9 Å². The first-order chi connectivity index (χ1) is 14.8. The third-order valence-corrected chi connectivity index (χ3v) is 8.74. The molecule has 1 N–H and O–H groups in total. The summed E-state index contributed by atoms with van der Waals surface area (Å²) in [5, 5.41) is 4.50. The lowest BCUT2D eigenvalue weighted by Gasteiger charge is -2.25. The van der Waals surface area contributed by atoms with E-state index in [1.165, 1.54) is 28.7 Å². The molecule has 3 heterocycles. The molecule has 31 heavy (non-hydrogen) atoms. The van der Waals surface area contributed by atoms with Crippen LogP contribution in [-0.4, -0.2) is 36.7 Å². The smallest absolute Gasteiger partial charge is 0.268 e. The number of aromatic nitrogens is 1. The lowest BCUT2D eigenvalue weighted by atomic mass is 10.1. The van der Waals surface area contributed by atoms with Gasteiger partial charge in [-0.1, -0.05) is 6.42 Å². The average molecular weight is 484 g/mol. The fraction of sp³-hybridized carbons (Fsp3) is 0.300. The molecule has 0 unspecified atom stereocenters. The Morgan fingerprint density at radius 2 is 1.84 bits per heavy atom. The number of hydrogen-bond donors (Lipinski definition) is 1. The highest BCUT2D eigenvalue weighted by Gasteiger charge is 2.31. The molecule has 1 aromatic carbocycles. The highest BCUT2D eigenvalue weighted by Crippen LogP contribution is 2.29. The molecule has 1 amide bonds. The number of anilines is 1. The molecule has 1 fully saturated rings. The number of carbonyl (C=O) groups excluding carboxylic acids is 1. The van der Waals surface area contributed by atoms with Gasteiger partial charge in [-0.05, 0) is 42.0 Å². The number of hydrogen-bond acceptors (Lipinski definition) is 6. The summed E-state index contributed by atoms with van der Waals surface area (Å²) in [6.07, 6.45) is 4.39. The lowest BCUT2D eigenvalue weighted by molar-refractivity contribution is 0.102. The van der Waals surface area contributed by atoms with Crippen molar-refractivity contribution in [3.05, 3.63) is 62.8 Å². The molecule has 2 aromatic heterocycles. The number of benzene rings is 1. The van der Waals surface area contributed by atoms with Crippen molar-refractivity contribution in [2.75, 3.05) is 18.4 Å². The van der Waals surface area contributed by atoms with Crippen LogP contribution < -0.4 is 5.32 Å². The van der Waals surface area contributed by atoms with E-state index in [1.807, 2.05) is 0 Å². The van der Waals surface area contributed by atoms with E-state index in [9.17, 15) is 22.0 Å². The second-order valence-corrected chi connectivity index (χ2v) is 11.1. The first-order valence-electron chi connectivity index (χ1n) is 9.61. The van der Waals surface area contributed by atoms with Crippen LogP contribution in [0.25, 0.3) is 0 Å². The molecule has 164 valence electrons. The largest absolute Gasteiger partial charge is 0.297 e. The summed E-state index contributed by atoms with van der Waals surface area (Å²) in [4.78, 5) is 17.7. The number of thiazole rings is 1. The Hall–Kier alpha value is -2.21. The number of nitrogens with one attached hydrogen (secondary N) is 1. The second-order valence-electron chi connectivity index (χ2n) is 7.12. The maximum atomic E-state index is 13.4. The molecule has 1 saturated heterocycles. The van der Waals surface area contributed by atoms with E-state index in [-0.39, 0.29) is 21.3 Å². The molecule has 0 radical (unpaired) electrons. The van der Waals surface area contributed by atoms with Crippen LogP contribution in [0.2, 0.25) is 0 Å². The lowest BCUT2D eigenvalue weighted by Crippen LogP contribution is -2.36. The first-order valence-corrected chi connectivity index (χ1v) is 12.8. The maximum absolute atomic E-state index is 13.4. The zero-order valence-corrected chi connectivity index (χ0v) is 18.8. The minimum absolute atomic E-state index is 0.00363. The topological polar surface area (TPSA) is 79.4 Å². The summed E-state index contributed by atoms with van der Waals surface area (Å²) in [6, 6.07) is 4.74. The van der Waals surface area contributed by atoms with Crippen molar-refractivity contribution in [3.8, 4) is 0 Å². The molecule has 4 rings (SSSR count). The molecule has 0 spiro atoms. The number of piperidine rings is 1. The molecule has 11 heteroatoms. The Balaban J connectivity index is 1.48. The van der Waals surface area contributed by atoms with Crippen molar-refractivity contribution in [1.82, 2.24) is 9.29 Å². The van der Waals surface area contributed by atoms with E-state index in [0.29, 0.717) is 23.5 Å². The summed E-state index contributed by atoms with van der Waals surface area (Å²) >= 11 is 2.22. The van der Waals surface area contributed by atoms with Gasteiger partial charge in [-0.25, -0.2) is 22.2 Å². The summed E-state index contributed by atoms with van der Waals surface area (Å²) in [7, 11) is -3.74. The number of carbonyl (C=O) groups is 1. The highest BCUT2D eigenvalue weighted by atomic mass is 32.2. The van der Waals surface area contributed by atoms with Crippen molar-refractivity contribution in [3.63, 3.8) is 0 Å². The second kappa shape index (κ2) is 9.11. The summed E-state index contributed by atoms with van der Waals surface area (Å²) in [6.45, 7) is 0.908. The van der Waals surface area contributed by atoms with Crippen molar-refractivity contribution >= 4 is 43.7 Å². The molecule has 6 nitrogen and oxygen atoms in total. The number of sulfonamides is 1. The number of thiophene rings is 1. The number of nitrogens with zero attached hydrogens (tertiary/aromatic N) is 2. The van der Waals surface area contributed by atoms with Gasteiger partial charge in [0.25, 0.3) is 5.91 Å². The van der Waals surface area contributed by atoms with Crippen LogP contribution in [-0.2, 0) is 16.4 Å². The Labute approximate surface area is 186 Å². The molecule has 1 aliphatic heterocycles. The quantitative estimate of drug-likeness (QED) is 0.560. The zero-order chi connectivity index (χ0) is 22.0. The molecular weight excluding hydrogens is 464 g/mol. The van der Waals surface area contributed by atoms with Gasteiger partial charge in [0.05, 0.1) is 0 Å². The van der Waals surface area contributed by atoms with E-state index in [4.69, 9.17) is 0 Å². The van der Waals surface area contributed by atoms with Gasteiger partial charge >= 0.3 is 0 Å². The molecule has 0 atom stereocenters. The molecule has 0 aliphatic carbocycles. The van der Waals surface area contributed by atoms with E-state index in [1.54, 1.807) is 5.38 Å². The third-order valence-electron chi connectivity index (χ3n) is 4.84.